The van der Waals surface area contributed by atoms with Gasteiger partial charge in [-0.05, 0) is 42.1 Å². The Hall–Kier alpha value is -1.75. The van der Waals surface area contributed by atoms with Gasteiger partial charge in [-0.1, -0.05) is 6.07 Å². The molecule has 2 nitrogen and oxygen atoms in total. The molecule has 0 bridgehead atoms. The van der Waals surface area contributed by atoms with Crippen LogP contribution in [0.25, 0.3) is 0 Å². The molecule has 0 aliphatic rings. The van der Waals surface area contributed by atoms with Crippen molar-refractivity contribution < 1.29 is 18.3 Å². The number of ether oxygens (including phenoxy) is 1. The van der Waals surface area contributed by atoms with Gasteiger partial charge in [0.05, 0.1) is 0 Å². The van der Waals surface area contributed by atoms with Crippen LogP contribution >= 0.6 is 11.3 Å². The summed E-state index contributed by atoms with van der Waals surface area (Å²) in [5.41, 5.74) is 0.512. The Morgan fingerprint density at radius 1 is 1.21 bits per heavy atom. The van der Waals surface area contributed by atoms with Crippen LogP contribution in [0.4, 0.5) is 8.78 Å². The number of rotatable bonds is 6. The third-order valence-corrected chi connectivity index (χ3v) is 3.52. The molecule has 0 N–H and O–H groups in total. The third kappa shape index (κ3) is 4.13. The number of carbonyl (C=O) groups is 1. The summed E-state index contributed by atoms with van der Waals surface area (Å²) in [5, 5.41) is 1.97. The Morgan fingerprint density at radius 3 is 2.53 bits per heavy atom. The minimum Gasteiger partial charge on any atom is -0.435 e. The van der Waals surface area contributed by atoms with E-state index >= 15 is 0 Å². The van der Waals surface area contributed by atoms with E-state index in [1.165, 1.54) is 24.3 Å². The van der Waals surface area contributed by atoms with Crippen LogP contribution in [0.1, 0.15) is 21.7 Å². The second kappa shape index (κ2) is 6.43. The van der Waals surface area contributed by atoms with Crippen molar-refractivity contribution >= 4 is 17.1 Å². The Morgan fingerprint density at radius 2 is 1.95 bits per heavy atom. The highest BCUT2D eigenvalue weighted by Gasteiger charge is 2.08. The molecular formula is C14H12F2O2S. The van der Waals surface area contributed by atoms with Gasteiger partial charge in [-0.25, -0.2) is 0 Å². The minimum absolute atomic E-state index is 0.00278. The molecule has 0 atom stereocenters. The van der Waals surface area contributed by atoms with Gasteiger partial charge >= 0.3 is 6.61 Å². The number of hydrogen-bond donors (Lipinski definition) is 0. The third-order valence-electron chi connectivity index (χ3n) is 2.58. The zero-order chi connectivity index (χ0) is 13.7. The minimum atomic E-state index is -2.85. The van der Waals surface area contributed by atoms with E-state index < -0.39 is 6.61 Å². The molecule has 1 heterocycles. The first-order valence-electron chi connectivity index (χ1n) is 5.75. The lowest BCUT2D eigenvalue weighted by Crippen LogP contribution is -2.03. The van der Waals surface area contributed by atoms with E-state index in [1.807, 2.05) is 17.5 Å². The van der Waals surface area contributed by atoms with Gasteiger partial charge in [-0.3, -0.25) is 4.79 Å². The average molecular weight is 282 g/mol. The Kier molecular flexibility index (Phi) is 4.63. The number of carbonyl (C=O) groups excluding carboxylic acids is 1. The van der Waals surface area contributed by atoms with Crippen LogP contribution in [0.15, 0.2) is 41.8 Å². The van der Waals surface area contributed by atoms with Gasteiger partial charge in [0.15, 0.2) is 5.78 Å². The largest absolute Gasteiger partial charge is 0.435 e. The second-order valence-corrected chi connectivity index (χ2v) is 4.94. The van der Waals surface area contributed by atoms with Crippen LogP contribution in [0, 0.1) is 0 Å². The number of ketones is 1. The number of Topliss-reactive ketones (excluding diaryl/α,β-unsaturated/α-hetero) is 1. The predicted molar refractivity (Wildman–Crippen MR) is 70.0 cm³/mol. The van der Waals surface area contributed by atoms with Crippen molar-refractivity contribution in [3.63, 3.8) is 0 Å². The van der Waals surface area contributed by atoms with Crippen molar-refractivity contribution in [2.75, 3.05) is 0 Å². The Balaban J connectivity index is 1.92. The first-order chi connectivity index (χ1) is 9.15. The monoisotopic (exact) mass is 282 g/mol. The maximum absolute atomic E-state index is 12.0. The molecule has 0 aliphatic heterocycles. The van der Waals surface area contributed by atoms with Gasteiger partial charge in [0.1, 0.15) is 5.75 Å². The average Bonchev–Trinajstić information content (AvgIpc) is 2.89. The number of benzene rings is 1. The Bertz CT molecular complexity index is 521. The van der Waals surface area contributed by atoms with Gasteiger partial charge in [0.2, 0.25) is 0 Å². The number of aryl methyl sites for hydroxylation is 1. The first kappa shape index (κ1) is 13.7. The quantitative estimate of drug-likeness (QED) is 0.743. The molecule has 1 aromatic heterocycles. The molecule has 2 rings (SSSR count). The van der Waals surface area contributed by atoms with Gasteiger partial charge in [-0.2, -0.15) is 8.78 Å². The van der Waals surface area contributed by atoms with Crippen LogP contribution in [0.5, 0.6) is 5.75 Å². The fourth-order valence-corrected chi connectivity index (χ4v) is 2.37. The molecule has 1 aromatic carbocycles. The molecule has 0 radical (unpaired) electrons. The van der Waals surface area contributed by atoms with Crippen molar-refractivity contribution in [2.45, 2.75) is 19.5 Å². The molecule has 0 amide bonds. The SMILES string of the molecule is O=C(CCc1cccs1)c1ccc(OC(F)F)cc1. The summed E-state index contributed by atoms with van der Waals surface area (Å²) in [5.74, 6) is 0.0572. The van der Waals surface area contributed by atoms with Crippen molar-refractivity contribution in [2.24, 2.45) is 0 Å². The maximum Gasteiger partial charge on any atom is 0.387 e. The highest BCUT2D eigenvalue weighted by atomic mass is 32.1. The summed E-state index contributed by atoms with van der Waals surface area (Å²) in [7, 11) is 0. The molecule has 0 aliphatic carbocycles. The van der Waals surface area contributed by atoms with E-state index in [0.717, 1.165) is 4.88 Å². The predicted octanol–water partition coefficient (Wildman–Crippen LogP) is 4.17. The molecule has 5 heteroatoms. The highest BCUT2D eigenvalue weighted by molar-refractivity contribution is 7.09. The fraction of sp³-hybridized carbons (Fsp3) is 0.214. The molecule has 2 aromatic rings. The lowest BCUT2D eigenvalue weighted by atomic mass is 10.1. The molecule has 0 spiro atoms. The van der Waals surface area contributed by atoms with Crippen LogP contribution in [-0.4, -0.2) is 12.4 Å². The normalized spacial score (nSPS) is 10.7. The standard InChI is InChI=1S/C14H12F2O2S/c15-14(16)18-11-5-3-10(4-6-11)13(17)8-7-12-2-1-9-19-12/h1-6,9,14H,7-8H2. The lowest BCUT2D eigenvalue weighted by Gasteiger charge is -2.05. The molecule has 0 saturated carbocycles. The van der Waals surface area contributed by atoms with E-state index in [0.29, 0.717) is 18.4 Å². The van der Waals surface area contributed by atoms with Gasteiger partial charge in [0.25, 0.3) is 0 Å². The fourth-order valence-electron chi connectivity index (χ4n) is 1.66. The van der Waals surface area contributed by atoms with E-state index in [2.05, 4.69) is 4.74 Å². The summed E-state index contributed by atoms with van der Waals surface area (Å²) in [6.07, 6.45) is 1.11. The van der Waals surface area contributed by atoms with Crippen molar-refractivity contribution in [3.05, 3.63) is 52.2 Å². The zero-order valence-electron chi connectivity index (χ0n) is 10.0. The van der Waals surface area contributed by atoms with Crippen molar-refractivity contribution in [1.29, 1.82) is 0 Å². The van der Waals surface area contributed by atoms with Gasteiger partial charge < -0.3 is 4.74 Å². The van der Waals surface area contributed by atoms with E-state index in [9.17, 15) is 13.6 Å². The summed E-state index contributed by atoms with van der Waals surface area (Å²) in [4.78, 5) is 13.0. The zero-order valence-corrected chi connectivity index (χ0v) is 10.8. The Labute approximate surface area is 113 Å². The van der Waals surface area contributed by atoms with Crippen LogP contribution in [-0.2, 0) is 6.42 Å². The molecular weight excluding hydrogens is 270 g/mol. The van der Waals surface area contributed by atoms with Crippen molar-refractivity contribution in [3.8, 4) is 5.75 Å². The van der Waals surface area contributed by atoms with Gasteiger partial charge in [0, 0.05) is 16.9 Å². The van der Waals surface area contributed by atoms with E-state index in [1.54, 1.807) is 11.3 Å². The van der Waals surface area contributed by atoms with Gasteiger partial charge in [-0.15, -0.1) is 11.3 Å². The number of alkyl halides is 2. The smallest absolute Gasteiger partial charge is 0.387 e. The molecule has 0 saturated heterocycles. The van der Waals surface area contributed by atoms with E-state index in [-0.39, 0.29) is 11.5 Å². The van der Waals surface area contributed by atoms with Crippen LogP contribution in [0.3, 0.4) is 0 Å². The number of hydrogen-bond acceptors (Lipinski definition) is 3. The number of thiophene rings is 1. The molecule has 0 fully saturated rings. The molecule has 0 unspecified atom stereocenters. The summed E-state index contributed by atoms with van der Waals surface area (Å²) in [6, 6.07) is 9.70. The van der Waals surface area contributed by atoms with Crippen LogP contribution in [0.2, 0.25) is 0 Å². The summed E-state index contributed by atoms with van der Waals surface area (Å²) in [6.45, 7) is -2.85. The number of halogens is 2. The highest BCUT2D eigenvalue weighted by Crippen LogP contribution is 2.17. The lowest BCUT2D eigenvalue weighted by molar-refractivity contribution is -0.0498. The first-order valence-corrected chi connectivity index (χ1v) is 6.63. The summed E-state index contributed by atoms with van der Waals surface area (Å²) < 4.78 is 28.2. The molecule has 100 valence electrons. The summed E-state index contributed by atoms with van der Waals surface area (Å²) >= 11 is 1.61. The van der Waals surface area contributed by atoms with Crippen LogP contribution < -0.4 is 4.74 Å². The maximum atomic E-state index is 12.0. The van der Waals surface area contributed by atoms with Crippen molar-refractivity contribution in [1.82, 2.24) is 0 Å². The van der Waals surface area contributed by atoms with E-state index in [4.69, 9.17) is 0 Å². The topological polar surface area (TPSA) is 26.3 Å². The second-order valence-electron chi connectivity index (χ2n) is 3.91. The molecule has 19 heavy (non-hydrogen) atoms.